The minimum Gasteiger partial charge on any atom is -0.465 e. The number of nitrogens with one attached hydrogen (secondary N) is 2. The van der Waals surface area contributed by atoms with Crippen molar-refractivity contribution in [3.05, 3.63) is 65.2 Å². The fourth-order valence-electron chi connectivity index (χ4n) is 2.14. The number of benzene rings is 1. The molecule has 0 fully saturated rings. The summed E-state index contributed by atoms with van der Waals surface area (Å²) in [7, 11) is 0. The van der Waals surface area contributed by atoms with E-state index in [4.69, 9.17) is 4.42 Å². The lowest BCUT2D eigenvalue weighted by Gasteiger charge is -2.11. The lowest BCUT2D eigenvalue weighted by molar-refractivity contribution is -0.117. The number of carbonyl (C=O) groups is 2. The van der Waals surface area contributed by atoms with Gasteiger partial charge in [-0.05, 0) is 43.5 Å². The van der Waals surface area contributed by atoms with E-state index < -0.39 is 0 Å². The number of amides is 2. The molecule has 2 N–H and O–H groups in total. The first-order valence-corrected chi connectivity index (χ1v) is 8.37. The molecule has 0 atom stereocenters. The summed E-state index contributed by atoms with van der Waals surface area (Å²) < 4.78 is 5.25. The minimum atomic E-state index is -0.336. The molecule has 2 rings (SSSR count). The Morgan fingerprint density at radius 3 is 2.48 bits per heavy atom. The summed E-state index contributed by atoms with van der Waals surface area (Å²) in [5, 5.41) is 5.51. The van der Waals surface area contributed by atoms with Crippen LogP contribution in [0.5, 0.6) is 0 Å². The van der Waals surface area contributed by atoms with Crippen LogP contribution < -0.4 is 10.6 Å². The number of hydrogen-bond donors (Lipinski definition) is 2. The largest absolute Gasteiger partial charge is 0.465 e. The molecular formula is C20H24N2O3. The number of carbonyl (C=O) groups excluding carboxylic acids is 2. The zero-order chi connectivity index (χ0) is 18.2. The summed E-state index contributed by atoms with van der Waals surface area (Å²) in [6.45, 7) is 6.67. The van der Waals surface area contributed by atoms with Crippen molar-refractivity contribution >= 4 is 17.9 Å². The first-order valence-electron chi connectivity index (χ1n) is 8.37. The van der Waals surface area contributed by atoms with Gasteiger partial charge in [-0.15, -0.1) is 0 Å². The number of aryl methyl sites for hydroxylation is 1. The highest BCUT2D eigenvalue weighted by Crippen LogP contribution is 2.09. The van der Waals surface area contributed by atoms with Crippen molar-refractivity contribution in [3.63, 3.8) is 0 Å². The van der Waals surface area contributed by atoms with E-state index in [-0.39, 0.29) is 17.5 Å². The van der Waals surface area contributed by atoms with Crippen LogP contribution in [0.2, 0.25) is 0 Å². The molecule has 0 spiro atoms. The molecule has 0 saturated carbocycles. The normalized spacial score (nSPS) is 11.4. The molecule has 0 aliphatic heterocycles. The second-order valence-electron chi connectivity index (χ2n) is 6.33. The minimum absolute atomic E-state index is 0.157. The molecule has 0 aliphatic rings. The van der Waals surface area contributed by atoms with Crippen molar-refractivity contribution in [3.8, 4) is 0 Å². The van der Waals surface area contributed by atoms with Gasteiger partial charge in [0.05, 0.1) is 6.26 Å². The average molecular weight is 340 g/mol. The van der Waals surface area contributed by atoms with E-state index in [0.29, 0.717) is 23.8 Å². The fraction of sp³-hybridized carbons (Fsp3) is 0.300. The predicted octanol–water partition coefficient (Wildman–Crippen LogP) is 3.52. The maximum absolute atomic E-state index is 12.4. The zero-order valence-electron chi connectivity index (χ0n) is 14.8. The molecule has 1 aromatic heterocycles. The summed E-state index contributed by atoms with van der Waals surface area (Å²) in [4.78, 5) is 24.9. The molecule has 0 saturated heterocycles. The summed E-state index contributed by atoms with van der Waals surface area (Å²) >= 11 is 0. The van der Waals surface area contributed by atoms with Gasteiger partial charge in [0.25, 0.3) is 11.8 Å². The van der Waals surface area contributed by atoms with Crippen LogP contribution in [-0.4, -0.2) is 18.4 Å². The summed E-state index contributed by atoms with van der Waals surface area (Å²) in [6, 6.07) is 10.6. The summed E-state index contributed by atoms with van der Waals surface area (Å²) in [6.07, 6.45) is 3.91. The van der Waals surface area contributed by atoms with Crippen molar-refractivity contribution < 1.29 is 14.0 Å². The molecule has 5 heteroatoms. The smallest absolute Gasteiger partial charge is 0.267 e. The second-order valence-corrected chi connectivity index (χ2v) is 6.33. The van der Waals surface area contributed by atoms with Crippen molar-refractivity contribution in [1.82, 2.24) is 10.6 Å². The van der Waals surface area contributed by atoms with Gasteiger partial charge in [0, 0.05) is 18.2 Å². The van der Waals surface area contributed by atoms with E-state index in [1.54, 1.807) is 24.3 Å². The van der Waals surface area contributed by atoms with Crippen LogP contribution in [0, 0.1) is 12.8 Å². The Balaban J connectivity index is 2.12. The average Bonchev–Trinajstić information content (AvgIpc) is 3.07. The van der Waals surface area contributed by atoms with Crippen molar-refractivity contribution in [2.45, 2.75) is 27.2 Å². The van der Waals surface area contributed by atoms with Crippen molar-refractivity contribution in [2.75, 3.05) is 6.54 Å². The van der Waals surface area contributed by atoms with Crippen molar-refractivity contribution in [1.29, 1.82) is 0 Å². The van der Waals surface area contributed by atoms with Gasteiger partial charge < -0.3 is 15.1 Å². The zero-order valence-corrected chi connectivity index (χ0v) is 14.8. The highest BCUT2D eigenvalue weighted by atomic mass is 16.3. The lowest BCUT2D eigenvalue weighted by atomic mass is 10.1. The molecule has 25 heavy (non-hydrogen) atoms. The second kappa shape index (κ2) is 8.87. The van der Waals surface area contributed by atoms with Crippen LogP contribution in [0.25, 0.3) is 6.08 Å². The molecule has 2 aromatic rings. The molecular weight excluding hydrogens is 316 g/mol. The predicted molar refractivity (Wildman–Crippen MR) is 97.8 cm³/mol. The Labute approximate surface area is 148 Å². The van der Waals surface area contributed by atoms with Gasteiger partial charge in [-0.1, -0.05) is 31.5 Å². The van der Waals surface area contributed by atoms with Crippen LogP contribution in [0.1, 0.15) is 41.9 Å². The molecule has 1 heterocycles. The Hall–Kier alpha value is -2.82. The summed E-state index contributed by atoms with van der Waals surface area (Å²) in [5.74, 6) is 0.312. The SMILES string of the molecule is Cc1ccc(C(=O)N/C(=C\c2ccco2)C(=O)NCCC(C)C)cc1. The van der Waals surface area contributed by atoms with Crippen LogP contribution >= 0.6 is 0 Å². The van der Waals surface area contributed by atoms with E-state index in [2.05, 4.69) is 24.5 Å². The van der Waals surface area contributed by atoms with Crippen LogP contribution in [0.3, 0.4) is 0 Å². The Morgan fingerprint density at radius 1 is 1.16 bits per heavy atom. The van der Waals surface area contributed by atoms with Gasteiger partial charge >= 0.3 is 0 Å². The number of hydrogen-bond acceptors (Lipinski definition) is 3. The topological polar surface area (TPSA) is 71.3 Å². The first kappa shape index (κ1) is 18.5. The Bertz CT molecular complexity index is 729. The molecule has 132 valence electrons. The van der Waals surface area contributed by atoms with Crippen molar-refractivity contribution in [2.24, 2.45) is 5.92 Å². The third-order valence-corrected chi connectivity index (χ3v) is 3.64. The first-order chi connectivity index (χ1) is 12.0. The maximum Gasteiger partial charge on any atom is 0.267 e. The van der Waals surface area contributed by atoms with E-state index >= 15 is 0 Å². The van der Waals surface area contributed by atoms with Gasteiger partial charge in [0.15, 0.2) is 0 Å². The third kappa shape index (κ3) is 5.95. The Kier molecular flexibility index (Phi) is 6.57. The lowest BCUT2D eigenvalue weighted by Crippen LogP contribution is -2.35. The van der Waals surface area contributed by atoms with Crippen LogP contribution in [0.15, 0.2) is 52.8 Å². The van der Waals surface area contributed by atoms with Crippen LogP contribution in [-0.2, 0) is 4.79 Å². The quantitative estimate of drug-likeness (QED) is 0.758. The van der Waals surface area contributed by atoms with Crippen LogP contribution in [0.4, 0.5) is 0 Å². The van der Waals surface area contributed by atoms with E-state index in [0.717, 1.165) is 12.0 Å². The fourth-order valence-corrected chi connectivity index (χ4v) is 2.14. The molecule has 1 aromatic carbocycles. The Morgan fingerprint density at radius 2 is 1.88 bits per heavy atom. The molecule has 0 radical (unpaired) electrons. The number of rotatable bonds is 7. The van der Waals surface area contributed by atoms with Gasteiger partial charge in [-0.3, -0.25) is 9.59 Å². The molecule has 0 aliphatic carbocycles. The molecule has 0 unspecified atom stereocenters. The standard InChI is InChI=1S/C20H24N2O3/c1-14(2)10-11-21-20(24)18(13-17-5-4-12-25-17)22-19(23)16-8-6-15(3)7-9-16/h4-9,12-14H,10-11H2,1-3H3,(H,21,24)(H,22,23)/b18-13-. The monoisotopic (exact) mass is 340 g/mol. The van der Waals surface area contributed by atoms with Gasteiger partial charge in [0.1, 0.15) is 11.5 Å². The molecule has 5 nitrogen and oxygen atoms in total. The van der Waals surface area contributed by atoms with E-state index in [1.807, 2.05) is 19.1 Å². The van der Waals surface area contributed by atoms with Gasteiger partial charge in [0.2, 0.25) is 0 Å². The van der Waals surface area contributed by atoms with E-state index in [9.17, 15) is 9.59 Å². The third-order valence-electron chi connectivity index (χ3n) is 3.64. The maximum atomic E-state index is 12.4. The highest BCUT2D eigenvalue weighted by molar-refractivity contribution is 6.05. The molecule has 2 amide bonds. The summed E-state index contributed by atoms with van der Waals surface area (Å²) in [5.41, 5.74) is 1.71. The van der Waals surface area contributed by atoms with Gasteiger partial charge in [-0.2, -0.15) is 0 Å². The van der Waals surface area contributed by atoms with E-state index in [1.165, 1.54) is 12.3 Å². The highest BCUT2D eigenvalue weighted by Gasteiger charge is 2.15. The molecule has 0 bridgehead atoms. The number of furan rings is 1. The van der Waals surface area contributed by atoms with Gasteiger partial charge in [-0.25, -0.2) is 0 Å².